The first-order valence-electron chi connectivity index (χ1n) is 7.41. The normalized spacial score (nSPS) is 38.5. The second-order valence-corrected chi connectivity index (χ2v) is 6.96. The van der Waals surface area contributed by atoms with Crippen molar-refractivity contribution in [2.24, 2.45) is 23.0 Å². The highest BCUT2D eigenvalue weighted by Gasteiger charge is 2.49. The van der Waals surface area contributed by atoms with E-state index in [-0.39, 0.29) is 5.41 Å². The van der Waals surface area contributed by atoms with Crippen molar-refractivity contribution in [3.05, 3.63) is 0 Å². The van der Waals surface area contributed by atoms with E-state index >= 15 is 0 Å². The molecule has 0 amide bonds. The molecule has 3 unspecified atom stereocenters. The van der Waals surface area contributed by atoms with Crippen molar-refractivity contribution in [1.29, 1.82) is 0 Å². The van der Waals surface area contributed by atoms with Gasteiger partial charge in [0.2, 0.25) is 0 Å². The zero-order chi connectivity index (χ0) is 12.5. The summed E-state index contributed by atoms with van der Waals surface area (Å²) in [6.07, 6.45) is 9.72. The maximum absolute atomic E-state index is 11.0. The largest absolute Gasteiger partial charge is 0.390 e. The van der Waals surface area contributed by atoms with E-state index in [2.05, 4.69) is 13.8 Å². The lowest BCUT2D eigenvalue weighted by Gasteiger charge is -2.51. The maximum atomic E-state index is 11.0. The van der Waals surface area contributed by atoms with Crippen LogP contribution in [0.15, 0.2) is 0 Å². The van der Waals surface area contributed by atoms with Crippen LogP contribution in [0.1, 0.15) is 65.2 Å². The summed E-state index contributed by atoms with van der Waals surface area (Å²) < 4.78 is 0. The topological polar surface area (TPSA) is 46.2 Å². The minimum absolute atomic E-state index is 0.0136. The molecule has 0 saturated heterocycles. The van der Waals surface area contributed by atoms with Gasteiger partial charge in [-0.3, -0.25) is 0 Å². The summed E-state index contributed by atoms with van der Waals surface area (Å²) in [5, 5.41) is 11.0. The van der Waals surface area contributed by atoms with Gasteiger partial charge in [0, 0.05) is 12.0 Å². The molecule has 2 aliphatic rings. The van der Waals surface area contributed by atoms with Crippen LogP contribution in [0.3, 0.4) is 0 Å². The van der Waals surface area contributed by atoms with Gasteiger partial charge in [-0.15, -0.1) is 0 Å². The van der Waals surface area contributed by atoms with E-state index in [1.165, 1.54) is 32.1 Å². The minimum atomic E-state index is -0.554. The number of aliphatic hydroxyl groups is 1. The van der Waals surface area contributed by atoms with Crippen molar-refractivity contribution in [3.63, 3.8) is 0 Å². The van der Waals surface area contributed by atoms with E-state index in [0.29, 0.717) is 6.54 Å². The van der Waals surface area contributed by atoms with Crippen LogP contribution in [0.5, 0.6) is 0 Å². The van der Waals surface area contributed by atoms with E-state index in [4.69, 9.17) is 5.73 Å². The third kappa shape index (κ3) is 2.53. The smallest absolute Gasteiger partial charge is 0.0690 e. The molecule has 0 aromatic heterocycles. The van der Waals surface area contributed by atoms with Crippen LogP contribution in [0, 0.1) is 17.3 Å². The molecule has 3 N–H and O–H groups in total. The van der Waals surface area contributed by atoms with Crippen LogP contribution in [-0.4, -0.2) is 17.3 Å². The van der Waals surface area contributed by atoms with Crippen molar-refractivity contribution >= 4 is 0 Å². The van der Waals surface area contributed by atoms with Gasteiger partial charge in [-0.05, 0) is 38.0 Å². The molecule has 100 valence electrons. The fraction of sp³-hybridized carbons (Fsp3) is 1.00. The molecular formula is C15H29NO. The number of hydrogen-bond acceptors (Lipinski definition) is 2. The monoisotopic (exact) mass is 239 g/mol. The summed E-state index contributed by atoms with van der Waals surface area (Å²) in [5.74, 6) is 1.48. The Bertz CT molecular complexity index is 260. The fourth-order valence-electron chi connectivity index (χ4n) is 4.03. The standard InChI is InChI=1S/C15H29NO/c1-12-5-4-8-15(9-12,11-16)14(2,17)10-13-6-3-7-13/h12-13,17H,3-11,16H2,1-2H3. The number of hydrogen-bond donors (Lipinski definition) is 2. The van der Waals surface area contributed by atoms with E-state index < -0.39 is 5.60 Å². The van der Waals surface area contributed by atoms with Gasteiger partial charge in [0.15, 0.2) is 0 Å². The van der Waals surface area contributed by atoms with Gasteiger partial charge in [0.25, 0.3) is 0 Å². The Morgan fingerprint density at radius 1 is 1.29 bits per heavy atom. The molecule has 2 heteroatoms. The van der Waals surface area contributed by atoms with Crippen LogP contribution in [0.4, 0.5) is 0 Å². The van der Waals surface area contributed by atoms with Gasteiger partial charge in [-0.1, -0.05) is 39.0 Å². The van der Waals surface area contributed by atoms with Gasteiger partial charge in [-0.25, -0.2) is 0 Å². The molecule has 2 nitrogen and oxygen atoms in total. The summed E-state index contributed by atoms with van der Waals surface area (Å²) in [4.78, 5) is 0. The van der Waals surface area contributed by atoms with Crippen LogP contribution in [0.2, 0.25) is 0 Å². The molecule has 0 aliphatic heterocycles. The first kappa shape index (κ1) is 13.4. The van der Waals surface area contributed by atoms with Crippen LogP contribution in [0.25, 0.3) is 0 Å². The highest BCUT2D eigenvalue weighted by Crippen LogP contribution is 2.50. The zero-order valence-corrected chi connectivity index (χ0v) is 11.5. The summed E-state index contributed by atoms with van der Waals surface area (Å²) in [5.41, 5.74) is 5.49. The van der Waals surface area contributed by atoms with Crippen LogP contribution < -0.4 is 5.73 Å². The zero-order valence-electron chi connectivity index (χ0n) is 11.5. The molecule has 17 heavy (non-hydrogen) atoms. The van der Waals surface area contributed by atoms with Crippen LogP contribution in [-0.2, 0) is 0 Å². The average Bonchev–Trinajstić information content (AvgIpc) is 2.23. The SMILES string of the molecule is CC1CCCC(CN)(C(C)(O)CC2CCC2)C1. The van der Waals surface area contributed by atoms with E-state index in [0.717, 1.165) is 31.1 Å². The van der Waals surface area contributed by atoms with Crippen molar-refractivity contribution in [1.82, 2.24) is 0 Å². The molecular weight excluding hydrogens is 210 g/mol. The predicted octanol–water partition coefficient (Wildman–Crippen LogP) is 3.08. The predicted molar refractivity (Wildman–Crippen MR) is 71.7 cm³/mol. The summed E-state index contributed by atoms with van der Waals surface area (Å²) in [7, 11) is 0. The van der Waals surface area contributed by atoms with Gasteiger partial charge >= 0.3 is 0 Å². The van der Waals surface area contributed by atoms with Gasteiger partial charge < -0.3 is 10.8 Å². The van der Waals surface area contributed by atoms with Gasteiger partial charge in [0.05, 0.1) is 5.60 Å². The molecule has 0 radical (unpaired) electrons. The van der Waals surface area contributed by atoms with Crippen molar-refractivity contribution < 1.29 is 5.11 Å². The Morgan fingerprint density at radius 3 is 2.47 bits per heavy atom. The molecule has 0 bridgehead atoms. The molecule has 3 atom stereocenters. The van der Waals surface area contributed by atoms with E-state index in [9.17, 15) is 5.11 Å². The fourth-order valence-corrected chi connectivity index (χ4v) is 4.03. The first-order valence-corrected chi connectivity index (χ1v) is 7.41. The molecule has 2 saturated carbocycles. The Kier molecular flexibility index (Phi) is 3.84. The third-order valence-electron chi connectivity index (χ3n) is 5.54. The summed E-state index contributed by atoms with van der Waals surface area (Å²) in [6, 6.07) is 0. The third-order valence-corrected chi connectivity index (χ3v) is 5.54. The summed E-state index contributed by atoms with van der Waals surface area (Å²) in [6.45, 7) is 5.01. The molecule has 2 fully saturated rings. The number of rotatable bonds is 4. The lowest BCUT2D eigenvalue weighted by atomic mass is 9.58. The first-order chi connectivity index (χ1) is 7.99. The van der Waals surface area contributed by atoms with E-state index in [1.807, 2.05) is 0 Å². The highest BCUT2D eigenvalue weighted by molar-refractivity contribution is 5.01. The second-order valence-electron chi connectivity index (χ2n) is 6.96. The van der Waals surface area contributed by atoms with Gasteiger partial charge in [-0.2, -0.15) is 0 Å². The Balaban J connectivity index is 2.08. The van der Waals surface area contributed by atoms with Crippen LogP contribution >= 0.6 is 0 Å². The molecule has 0 aromatic rings. The second kappa shape index (κ2) is 4.89. The Hall–Kier alpha value is -0.0800. The Labute approximate surface area is 106 Å². The molecule has 2 rings (SSSR count). The summed E-state index contributed by atoms with van der Waals surface area (Å²) >= 11 is 0. The molecule has 0 spiro atoms. The van der Waals surface area contributed by atoms with Gasteiger partial charge in [0.1, 0.15) is 0 Å². The molecule has 2 aliphatic carbocycles. The number of nitrogens with two attached hydrogens (primary N) is 1. The quantitative estimate of drug-likeness (QED) is 0.792. The molecule has 0 heterocycles. The lowest BCUT2D eigenvalue weighted by molar-refractivity contribution is -0.113. The van der Waals surface area contributed by atoms with Crippen molar-refractivity contribution in [2.45, 2.75) is 70.8 Å². The minimum Gasteiger partial charge on any atom is -0.390 e. The van der Waals surface area contributed by atoms with E-state index in [1.54, 1.807) is 0 Å². The highest BCUT2D eigenvalue weighted by atomic mass is 16.3. The Morgan fingerprint density at radius 2 is 2.00 bits per heavy atom. The lowest BCUT2D eigenvalue weighted by Crippen LogP contribution is -2.54. The van der Waals surface area contributed by atoms with Crippen molar-refractivity contribution in [2.75, 3.05) is 6.54 Å². The average molecular weight is 239 g/mol. The van der Waals surface area contributed by atoms with Crippen molar-refractivity contribution in [3.8, 4) is 0 Å². The maximum Gasteiger partial charge on any atom is 0.0690 e. The molecule has 0 aromatic carbocycles.